The van der Waals surface area contributed by atoms with Crippen molar-refractivity contribution < 1.29 is 4.42 Å². The summed E-state index contributed by atoms with van der Waals surface area (Å²) in [6, 6.07) is 80.1. The average molecular weight is 911 g/mol. The van der Waals surface area contributed by atoms with E-state index >= 15 is 0 Å². The summed E-state index contributed by atoms with van der Waals surface area (Å²) in [5.41, 5.74) is 29.0. The molecule has 0 unspecified atom stereocenters. The highest BCUT2D eigenvalue weighted by Gasteiger charge is 2.40. The first-order valence-corrected chi connectivity index (χ1v) is 25.3. The molecular formula is C70H54O. The zero-order valence-corrected chi connectivity index (χ0v) is 41.2. The summed E-state index contributed by atoms with van der Waals surface area (Å²) in [6.45, 7) is 14.5. The van der Waals surface area contributed by atoms with Gasteiger partial charge in [-0.2, -0.15) is 0 Å². The minimum absolute atomic E-state index is 0.000272. The van der Waals surface area contributed by atoms with Crippen LogP contribution in [-0.4, -0.2) is 0 Å². The fourth-order valence-electron chi connectivity index (χ4n) is 13.1. The highest BCUT2D eigenvalue weighted by atomic mass is 16.3. The molecule has 0 spiro atoms. The smallest absolute Gasteiger partial charge is 0.136 e. The fraction of sp³-hybridized carbons (Fsp3) is 0.143. The van der Waals surface area contributed by atoms with E-state index in [0.717, 1.165) is 21.9 Å². The Hall–Kier alpha value is -8.00. The number of rotatable bonds is 6. The maximum atomic E-state index is 6.35. The molecular weight excluding hydrogens is 857 g/mol. The normalized spacial score (nSPS) is 15.1. The predicted octanol–water partition coefficient (Wildman–Crippen LogP) is 18.7. The lowest BCUT2D eigenvalue weighted by Gasteiger charge is -2.28. The lowest BCUT2D eigenvalue weighted by molar-refractivity contribution is 0.656. The Bertz CT molecular complexity index is 3860. The minimum atomic E-state index is -0.221. The Morgan fingerprint density at radius 2 is 0.592 bits per heavy atom. The molecule has 1 nitrogen and oxygen atoms in total. The minimum Gasteiger partial charge on any atom is -0.456 e. The topological polar surface area (TPSA) is 13.1 Å². The maximum absolute atomic E-state index is 6.35. The van der Waals surface area contributed by atoms with Gasteiger partial charge in [0.25, 0.3) is 0 Å². The van der Waals surface area contributed by atoms with Crippen molar-refractivity contribution in [3.05, 3.63) is 262 Å². The van der Waals surface area contributed by atoms with Crippen LogP contribution in [-0.2, 0) is 16.2 Å². The van der Waals surface area contributed by atoms with E-state index in [1.165, 1.54) is 117 Å². The third-order valence-electron chi connectivity index (χ3n) is 17.0. The van der Waals surface area contributed by atoms with Crippen LogP contribution in [0.5, 0.6) is 0 Å². The van der Waals surface area contributed by atoms with Gasteiger partial charge in [0.05, 0.1) is 0 Å². The van der Waals surface area contributed by atoms with E-state index in [-0.39, 0.29) is 22.2 Å². The van der Waals surface area contributed by atoms with Crippen LogP contribution in [0.1, 0.15) is 97.5 Å². The molecule has 11 aromatic rings. The van der Waals surface area contributed by atoms with E-state index in [2.05, 4.69) is 248 Å². The molecule has 10 aromatic carbocycles. The molecule has 0 aliphatic heterocycles. The second-order valence-electron chi connectivity index (χ2n) is 22.0. The molecule has 0 atom stereocenters. The molecule has 3 aliphatic carbocycles. The summed E-state index contributed by atoms with van der Waals surface area (Å²) in [6.07, 6.45) is 0. The number of hydrogen-bond donors (Lipinski definition) is 0. The molecule has 1 aromatic heterocycles. The molecule has 340 valence electrons. The Balaban J connectivity index is 0.891. The van der Waals surface area contributed by atoms with Gasteiger partial charge in [-0.25, -0.2) is 0 Å². The monoisotopic (exact) mass is 910 g/mol. The third kappa shape index (κ3) is 6.18. The van der Waals surface area contributed by atoms with E-state index in [9.17, 15) is 0 Å². The van der Waals surface area contributed by atoms with Gasteiger partial charge in [0.1, 0.15) is 11.2 Å². The summed E-state index contributed by atoms with van der Waals surface area (Å²) in [4.78, 5) is 0. The summed E-state index contributed by atoms with van der Waals surface area (Å²) in [5.74, 6) is 0.000272. The SMILES string of the molecule is CC1(C)c2cc(-c3ccccc3)ccc2-c2ccc(C(c3ccc4c(c3)C(C)(C)c3cc(-c5ccccc5)ccc3-4)c3ccc4c(c3)C(C)(C)c3cc(-c5ccc6c(c5)oc5ccccc56)ccc3-4)cc21. The van der Waals surface area contributed by atoms with Crippen LogP contribution < -0.4 is 0 Å². The van der Waals surface area contributed by atoms with Crippen molar-refractivity contribution in [3.63, 3.8) is 0 Å². The quantitative estimate of drug-likeness (QED) is 0.152. The molecule has 71 heavy (non-hydrogen) atoms. The van der Waals surface area contributed by atoms with Crippen molar-refractivity contribution in [2.24, 2.45) is 0 Å². The largest absolute Gasteiger partial charge is 0.456 e. The standard InChI is InChI=1S/C70H54O/c1-68(2)59-35-44(42-15-9-7-10-16-42)21-28-51(59)54-31-25-48(38-62(54)68)67(49-26-32-55-52-29-22-45(43-17-11-8-12-18-43)36-60(52)69(3,4)63(55)39-49)50-27-33-56-53-30-23-46(37-61(53)70(5,6)64(56)40-50)47-24-34-58-57-19-13-14-20-65(57)71-66(58)41-47/h7-41,67H,1-6H3. The first kappa shape index (κ1) is 41.9. The molecule has 3 aliphatic rings. The Morgan fingerprint density at radius 1 is 0.268 bits per heavy atom. The molecule has 0 saturated heterocycles. The number of furan rings is 1. The molecule has 1 heteroatoms. The molecule has 14 rings (SSSR count). The van der Waals surface area contributed by atoms with Crippen molar-refractivity contribution in [3.8, 4) is 66.8 Å². The third-order valence-corrected chi connectivity index (χ3v) is 17.0. The molecule has 1 heterocycles. The van der Waals surface area contributed by atoms with Crippen LogP contribution in [0.4, 0.5) is 0 Å². The van der Waals surface area contributed by atoms with Gasteiger partial charge in [-0.05, 0) is 153 Å². The van der Waals surface area contributed by atoms with Crippen molar-refractivity contribution in [2.75, 3.05) is 0 Å². The van der Waals surface area contributed by atoms with Crippen molar-refractivity contribution in [1.82, 2.24) is 0 Å². The van der Waals surface area contributed by atoms with Crippen LogP contribution >= 0.6 is 0 Å². The fourth-order valence-corrected chi connectivity index (χ4v) is 13.1. The van der Waals surface area contributed by atoms with Gasteiger partial charge in [0.15, 0.2) is 0 Å². The van der Waals surface area contributed by atoms with Gasteiger partial charge in [-0.15, -0.1) is 0 Å². The molecule has 0 radical (unpaired) electrons. The Morgan fingerprint density at radius 3 is 1.03 bits per heavy atom. The van der Waals surface area contributed by atoms with E-state index in [1.54, 1.807) is 0 Å². The summed E-state index contributed by atoms with van der Waals surface area (Å²) in [7, 11) is 0. The van der Waals surface area contributed by atoms with Gasteiger partial charge in [-0.1, -0.05) is 217 Å². The Labute approximate surface area is 417 Å². The first-order valence-electron chi connectivity index (χ1n) is 25.3. The summed E-state index contributed by atoms with van der Waals surface area (Å²) >= 11 is 0. The zero-order chi connectivity index (χ0) is 48.0. The van der Waals surface area contributed by atoms with Crippen LogP contribution in [0.3, 0.4) is 0 Å². The first-order chi connectivity index (χ1) is 34.4. The van der Waals surface area contributed by atoms with Crippen molar-refractivity contribution in [2.45, 2.75) is 63.7 Å². The molecule has 0 N–H and O–H groups in total. The lowest BCUT2D eigenvalue weighted by Crippen LogP contribution is -2.18. The second kappa shape index (κ2) is 15.0. The number of para-hydroxylation sites is 1. The van der Waals surface area contributed by atoms with Gasteiger partial charge in [-0.3, -0.25) is 0 Å². The van der Waals surface area contributed by atoms with Crippen molar-refractivity contribution in [1.29, 1.82) is 0 Å². The molecule has 0 bridgehead atoms. The molecule has 0 saturated carbocycles. The highest BCUT2D eigenvalue weighted by molar-refractivity contribution is 6.06. The van der Waals surface area contributed by atoms with Crippen molar-refractivity contribution >= 4 is 21.9 Å². The summed E-state index contributed by atoms with van der Waals surface area (Å²) < 4.78 is 6.35. The van der Waals surface area contributed by atoms with E-state index in [1.807, 2.05) is 6.07 Å². The van der Waals surface area contributed by atoms with E-state index < -0.39 is 0 Å². The predicted molar refractivity (Wildman–Crippen MR) is 297 cm³/mol. The van der Waals surface area contributed by atoms with Crippen LogP contribution in [0.2, 0.25) is 0 Å². The number of fused-ring (bicyclic) bond motifs is 12. The van der Waals surface area contributed by atoms with Gasteiger partial charge in [0, 0.05) is 32.9 Å². The maximum Gasteiger partial charge on any atom is 0.136 e. The van der Waals surface area contributed by atoms with Gasteiger partial charge < -0.3 is 4.42 Å². The second-order valence-corrected chi connectivity index (χ2v) is 22.0. The molecule has 0 fully saturated rings. The van der Waals surface area contributed by atoms with Gasteiger partial charge in [0.2, 0.25) is 0 Å². The zero-order valence-electron chi connectivity index (χ0n) is 41.2. The van der Waals surface area contributed by atoms with Gasteiger partial charge >= 0.3 is 0 Å². The van der Waals surface area contributed by atoms with Crippen LogP contribution in [0.25, 0.3) is 88.7 Å². The molecule has 0 amide bonds. The van der Waals surface area contributed by atoms with Crippen LogP contribution in [0, 0.1) is 0 Å². The number of benzene rings is 10. The van der Waals surface area contributed by atoms with E-state index in [0.29, 0.717) is 0 Å². The highest BCUT2D eigenvalue weighted by Crippen LogP contribution is 2.55. The lowest BCUT2D eigenvalue weighted by atomic mass is 9.75. The number of hydrogen-bond acceptors (Lipinski definition) is 1. The summed E-state index contributed by atoms with van der Waals surface area (Å²) in [5, 5.41) is 2.31. The average Bonchev–Trinajstić information content (AvgIpc) is 4.04. The van der Waals surface area contributed by atoms with Crippen LogP contribution in [0.15, 0.2) is 217 Å². The van der Waals surface area contributed by atoms with E-state index in [4.69, 9.17) is 4.42 Å². The Kier molecular flexibility index (Phi) is 8.86.